The van der Waals surface area contributed by atoms with Crippen LogP contribution in [0.5, 0.6) is 5.75 Å². The molecule has 0 saturated carbocycles. The minimum atomic E-state index is -0.852. The number of benzene rings is 2. The Kier molecular flexibility index (Phi) is 7.30. The van der Waals surface area contributed by atoms with Gasteiger partial charge in [0, 0.05) is 10.6 Å². The Hall–Kier alpha value is -2.90. The number of nitrogens with zero attached hydrogens (tertiary/aromatic N) is 1. The number of anilines is 1. The topological polar surface area (TPSA) is 87.7 Å². The maximum absolute atomic E-state index is 12.7. The molecule has 1 heterocycles. The first-order valence-electron chi connectivity index (χ1n) is 10.2. The SMILES string of the molecule is Cc1ccc(N2C(=O)CC(NNC(=O)c3ccc(OCCC(C)C)cc3)C2=O)cc1Cl. The Morgan fingerprint density at radius 1 is 1.19 bits per heavy atom. The molecule has 0 aliphatic carbocycles. The highest BCUT2D eigenvalue weighted by molar-refractivity contribution is 6.32. The zero-order valence-electron chi connectivity index (χ0n) is 17.8. The van der Waals surface area contributed by atoms with Crippen LogP contribution >= 0.6 is 11.6 Å². The monoisotopic (exact) mass is 443 g/mol. The predicted molar refractivity (Wildman–Crippen MR) is 119 cm³/mol. The molecule has 2 aromatic rings. The molecule has 2 aromatic carbocycles. The van der Waals surface area contributed by atoms with Crippen LogP contribution in [0.2, 0.25) is 5.02 Å². The summed E-state index contributed by atoms with van der Waals surface area (Å²) in [5, 5.41) is 0.472. The average molecular weight is 444 g/mol. The number of hydrazine groups is 1. The Bertz CT molecular complexity index is 975. The van der Waals surface area contributed by atoms with Gasteiger partial charge in [0.15, 0.2) is 0 Å². The Labute approximate surface area is 186 Å². The third-order valence-electron chi connectivity index (χ3n) is 5.00. The van der Waals surface area contributed by atoms with E-state index in [0.29, 0.717) is 34.5 Å². The van der Waals surface area contributed by atoms with Crippen LogP contribution in [-0.2, 0) is 9.59 Å². The van der Waals surface area contributed by atoms with E-state index in [-0.39, 0.29) is 12.3 Å². The van der Waals surface area contributed by atoms with Crippen molar-refractivity contribution in [3.05, 3.63) is 58.6 Å². The average Bonchev–Trinajstić information content (AvgIpc) is 3.02. The minimum Gasteiger partial charge on any atom is -0.494 e. The van der Waals surface area contributed by atoms with E-state index in [1.165, 1.54) is 0 Å². The quantitative estimate of drug-likeness (QED) is 0.480. The van der Waals surface area contributed by atoms with Crippen LogP contribution in [0.4, 0.5) is 5.69 Å². The van der Waals surface area contributed by atoms with Crippen molar-refractivity contribution < 1.29 is 19.1 Å². The van der Waals surface area contributed by atoms with E-state index in [2.05, 4.69) is 24.7 Å². The number of carbonyl (C=O) groups is 3. The van der Waals surface area contributed by atoms with Crippen molar-refractivity contribution in [3.63, 3.8) is 0 Å². The molecular formula is C23H26ClN3O4. The Morgan fingerprint density at radius 3 is 2.55 bits per heavy atom. The lowest BCUT2D eigenvalue weighted by Gasteiger charge is -2.16. The summed E-state index contributed by atoms with van der Waals surface area (Å²) in [6.45, 7) is 6.71. The number of halogens is 1. The molecule has 164 valence electrons. The summed E-state index contributed by atoms with van der Waals surface area (Å²) in [7, 11) is 0. The van der Waals surface area contributed by atoms with Gasteiger partial charge in [-0.25, -0.2) is 10.3 Å². The normalized spacial score (nSPS) is 16.2. The van der Waals surface area contributed by atoms with Gasteiger partial charge in [-0.3, -0.25) is 19.8 Å². The molecular weight excluding hydrogens is 418 g/mol. The molecule has 0 bridgehead atoms. The summed E-state index contributed by atoms with van der Waals surface area (Å²) >= 11 is 6.12. The summed E-state index contributed by atoms with van der Waals surface area (Å²) in [4.78, 5) is 38.5. The Morgan fingerprint density at radius 2 is 1.90 bits per heavy atom. The summed E-state index contributed by atoms with van der Waals surface area (Å²) in [5.41, 5.74) is 6.84. The lowest BCUT2D eigenvalue weighted by atomic mass is 10.1. The van der Waals surface area contributed by atoms with Gasteiger partial charge in [-0.2, -0.15) is 0 Å². The molecule has 3 rings (SSSR count). The van der Waals surface area contributed by atoms with Crippen molar-refractivity contribution in [1.82, 2.24) is 10.9 Å². The second-order valence-electron chi connectivity index (χ2n) is 7.91. The van der Waals surface area contributed by atoms with E-state index in [1.54, 1.807) is 42.5 Å². The van der Waals surface area contributed by atoms with Crippen molar-refractivity contribution >= 4 is 35.0 Å². The van der Waals surface area contributed by atoms with Gasteiger partial charge >= 0.3 is 0 Å². The highest BCUT2D eigenvalue weighted by Crippen LogP contribution is 2.27. The molecule has 1 atom stereocenters. The van der Waals surface area contributed by atoms with E-state index < -0.39 is 17.9 Å². The van der Waals surface area contributed by atoms with E-state index in [1.807, 2.05) is 6.92 Å². The van der Waals surface area contributed by atoms with Crippen LogP contribution in [0, 0.1) is 12.8 Å². The van der Waals surface area contributed by atoms with E-state index in [9.17, 15) is 14.4 Å². The lowest BCUT2D eigenvalue weighted by Crippen LogP contribution is -2.48. The third kappa shape index (κ3) is 5.62. The van der Waals surface area contributed by atoms with Crippen molar-refractivity contribution in [3.8, 4) is 5.75 Å². The van der Waals surface area contributed by atoms with Crippen molar-refractivity contribution in [1.29, 1.82) is 0 Å². The number of carbonyl (C=O) groups excluding carboxylic acids is 3. The van der Waals surface area contributed by atoms with Gasteiger partial charge in [0.05, 0.1) is 18.7 Å². The second kappa shape index (κ2) is 9.94. The first kappa shape index (κ1) is 22.8. The van der Waals surface area contributed by atoms with E-state index >= 15 is 0 Å². The number of hydrogen-bond donors (Lipinski definition) is 2. The molecule has 2 N–H and O–H groups in total. The first-order chi connectivity index (χ1) is 14.8. The van der Waals surface area contributed by atoms with Gasteiger partial charge in [0.1, 0.15) is 11.8 Å². The smallest absolute Gasteiger partial charge is 0.265 e. The standard InChI is InChI=1S/C23H26ClN3O4/c1-14(2)10-11-31-18-8-5-16(6-9-18)22(29)26-25-20-13-21(28)27(23(20)30)17-7-4-15(3)19(24)12-17/h4-9,12,14,20,25H,10-11,13H2,1-3H3,(H,26,29). The number of nitrogens with one attached hydrogen (secondary N) is 2. The number of ether oxygens (including phenoxy) is 1. The molecule has 1 saturated heterocycles. The molecule has 1 aliphatic rings. The minimum absolute atomic E-state index is 0.0623. The number of rotatable bonds is 8. The molecule has 1 fully saturated rings. The van der Waals surface area contributed by atoms with Crippen LogP contribution in [-0.4, -0.2) is 30.4 Å². The fraction of sp³-hybridized carbons (Fsp3) is 0.348. The molecule has 8 heteroatoms. The van der Waals surface area contributed by atoms with Crippen LogP contribution in [0.3, 0.4) is 0 Å². The highest BCUT2D eigenvalue weighted by Gasteiger charge is 2.39. The second-order valence-corrected chi connectivity index (χ2v) is 8.32. The van der Waals surface area contributed by atoms with Crippen molar-refractivity contribution in [2.45, 2.75) is 39.7 Å². The summed E-state index contributed by atoms with van der Waals surface area (Å²) in [5.74, 6) is 0.0267. The molecule has 1 aliphatic heterocycles. The fourth-order valence-corrected chi connectivity index (χ4v) is 3.25. The van der Waals surface area contributed by atoms with Crippen LogP contribution in [0.1, 0.15) is 42.6 Å². The number of hydrogen-bond acceptors (Lipinski definition) is 5. The van der Waals surface area contributed by atoms with Crippen LogP contribution in [0.25, 0.3) is 0 Å². The molecule has 1 unspecified atom stereocenters. The van der Waals surface area contributed by atoms with Gasteiger partial charge < -0.3 is 4.74 Å². The number of imide groups is 1. The van der Waals surface area contributed by atoms with Gasteiger partial charge in [-0.15, -0.1) is 0 Å². The van der Waals surface area contributed by atoms with Crippen LogP contribution in [0.15, 0.2) is 42.5 Å². The van der Waals surface area contributed by atoms with Gasteiger partial charge in [0.2, 0.25) is 5.91 Å². The highest BCUT2D eigenvalue weighted by atomic mass is 35.5. The number of aryl methyl sites for hydroxylation is 1. The lowest BCUT2D eigenvalue weighted by molar-refractivity contribution is -0.121. The van der Waals surface area contributed by atoms with E-state index in [4.69, 9.17) is 16.3 Å². The zero-order valence-corrected chi connectivity index (χ0v) is 18.5. The van der Waals surface area contributed by atoms with E-state index in [0.717, 1.165) is 16.9 Å². The van der Waals surface area contributed by atoms with Gasteiger partial charge in [0.25, 0.3) is 11.8 Å². The van der Waals surface area contributed by atoms with Crippen molar-refractivity contribution in [2.24, 2.45) is 5.92 Å². The molecule has 3 amide bonds. The fourth-order valence-electron chi connectivity index (χ4n) is 3.08. The largest absolute Gasteiger partial charge is 0.494 e. The summed E-state index contributed by atoms with van der Waals surface area (Å²) < 4.78 is 5.64. The zero-order chi connectivity index (χ0) is 22.5. The molecule has 31 heavy (non-hydrogen) atoms. The Balaban J connectivity index is 1.56. The summed E-state index contributed by atoms with van der Waals surface area (Å²) in [6.07, 6.45) is 0.888. The molecule has 0 radical (unpaired) electrons. The molecule has 7 nitrogen and oxygen atoms in total. The molecule has 0 aromatic heterocycles. The van der Waals surface area contributed by atoms with Crippen LogP contribution < -0.4 is 20.5 Å². The third-order valence-corrected chi connectivity index (χ3v) is 5.41. The maximum Gasteiger partial charge on any atom is 0.265 e. The summed E-state index contributed by atoms with van der Waals surface area (Å²) in [6, 6.07) is 10.9. The number of amides is 3. The van der Waals surface area contributed by atoms with Crippen molar-refractivity contribution in [2.75, 3.05) is 11.5 Å². The van der Waals surface area contributed by atoms with Gasteiger partial charge in [-0.1, -0.05) is 31.5 Å². The van der Waals surface area contributed by atoms with Gasteiger partial charge in [-0.05, 0) is 61.2 Å². The predicted octanol–water partition coefficient (Wildman–Crippen LogP) is 3.64. The maximum atomic E-state index is 12.7. The molecule has 0 spiro atoms. The first-order valence-corrected chi connectivity index (χ1v) is 10.6.